The number of ether oxygens (including phenoxy) is 2. The topological polar surface area (TPSA) is 357 Å². The quantitative estimate of drug-likeness (QED) is 0.0330. The van der Waals surface area contributed by atoms with Crippen LogP contribution in [-0.2, 0) is 69.1 Å². The summed E-state index contributed by atoms with van der Waals surface area (Å²) in [5.41, 5.74) is 0. The van der Waals surface area contributed by atoms with Crippen LogP contribution in [0.15, 0.2) is 0 Å². The lowest BCUT2D eigenvalue weighted by Gasteiger charge is -2.15. The Morgan fingerprint density at radius 2 is 1.44 bits per heavy atom. The number of nitrogens with zero attached hydrogens (tertiary/aromatic N) is 3. The van der Waals surface area contributed by atoms with Crippen molar-refractivity contribution in [3.63, 3.8) is 0 Å². The average molecular weight is 862 g/mol. The lowest BCUT2D eigenvalue weighted by atomic mass is 9.95. The fraction of sp³-hybridized carbons (Fsp3) is 0.714. The molecule has 23 nitrogen and oxygen atoms in total. The first-order chi connectivity index (χ1) is 27.9. The van der Waals surface area contributed by atoms with Crippen molar-refractivity contribution in [3.05, 3.63) is 5.82 Å². The van der Waals surface area contributed by atoms with Crippen LogP contribution in [0, 0.1) is 11.8 Å². The molecule has 1 aromatic heterocycles. The minimum absolute atomic E-state index is 0.00737. The SMILES string of the molecule is CCC(=O)CCCCCC(CC(=O)COCCOCCNC(=O)C(CC(=O)CCC(NC(=O)CCCS(=O)(=O)NC(=O)CCCc1nn[nH]n1)C(=O)O)C(=O)O)C(=O)O. The molecule has 0 aliphatic carbocycles. The fourth-order valence-corrected chi connectivity index (χ4v) is 6.41. The number of Topliss-reactive ketones (excluding diaryl/α,β-unsaturated/α-hetero) is 3. The molecule has 24 heteroatoms. The molecule has 1 rings (SSSR count). The van der Waals surface area contributed by atoms with Crippen molar-refractivity contribution < 1.29 is 76.4 Å². The van der Waals surface area contributed by atoms with Crippen LogP contribution in [0.2, 0.25) is 0 Å². The summed E-state index contributed by atoms with van der Waals surface area (Å²) >= 11 is 0. The van der Waals surface area contributed by atoms with Crippen molar-refractivity contribution >= 4 is 63.0 Å². The standard InChI is InChI=1S/C35H55N7O16S/c1-2-24(43)9-5-3-4-8-23(33(49)50)20-26(45)22-58-18-17-57-16-15-36-32(48)27(34(51)52)21-25(44)13-14-28(35(53)54)37-30(46)12-7-19-59(55,56)40-31(47)11-6-10-29-38-41-42-39-29/h23,27-28H,2-22H2,1H3,(H,36,48)(H,37,46)(H,40,47)(H,49,50)(H,51,52)(H,53,54)(H,38,39,41,42). The van der Waals surface area contributed by atoms with E-state index in [4.69, 9.17) is 9.47 Å². The number of hydrogen-bond acceptors (Lipinski definition) is 16. The summed E-state index contributed by atoms with van der Waals surface area (Å²) in [6, 6.07) is -1.58. The zero-order valence-corrected chi connectivity index (χ0v) is 33.8. The first-order valence-corrected chi connectivity index (χ1v) is 20.8. The van der Waals surface area contributed by atoms with Gasteiger partial charge in [-0.25, -0.2) is 13.2 Å². The molecule has 0 saturated carbocycles. The summed E-state index contributed by atoms with van der Waals surface area (Å²) in [6.07, 6.45) is 0.926. The van der Waals surface area contributed by atoms with Gasteiger partial charge in [0.1, 0.15) is 30.1 Å². The number of carboxylic acids is 3. The minimum atomic E-state index is -4.09. The molecule has 332 valence electrons. The number of aliphatic carboxylic acids is 3. The number of carbonyl (C=O) groups is 9. The molecule has 3 amide bonds. The number of unbranched alkanes of at least 4 members (excludes halogenated alkanes) is 2. The maximum atomic E-state index is 12.5. The molecule has 0 bridgehead atoms. The van der Waals surface area contributed by atoms with E-state index in [1.807, 2.05) is 4.72 Å². The minimum Gasteiger partial charge on any atom is -0.481 e. The first-order valence-electron chi connectivity index (χ1n) is 19.2. The third-order valence-corrected chi connectivity index (χ3v) is 9.94. The van der Waals surface area contributed by atoms with Gasteiger partial charge in [0.2, 0.25) is 27.7 Å². The summed E-state index contributed by atoms with van der Waals surface area (Å²) in [7, 11) is -4.09. The van der Waals surface area contributed by atoms with Gasteiger partial charge in [0.05, 0.1) is 31.5 Å². The number of tetrazole rings is 1. The number of ketones is 3. The van der Waals surface area contributed by atoms with Crippen LogP contribution < -0.4 is 15.4 Å². The number of rotatable bonds is 36. The van der Waals surface area contributed by atoms with E-state index < -0.39 is 107 Å². The van der Waals surface area contributed by atoms with E-state index in [1.54, 1.807) is 6.92 Å². The van der Waals surface area contributed by atoms with Crippen molar-refractivity contribution in [3.8, 4) is 0 Å². The average Bonchev–Trinajstić information content (AvgIpc) is 3.68. The normalized spacial score (nSPS) is 12.8. The highest BCUT2D eigenvalue weighted by atomic mass is 32.2. The molecule has 0 radical (unpaired) electrons. The molecular weight excluding hydrogens is 806 g/mol. The Morgan fingerprint density at radius 3 is 2.08 bits per heavy atom. The molecule has 7 N–H and O–H groups in total. The van der Waals surface area contributed by atoms with Gasteiger partial charge < -0.3 is 35.4 Å². The number of sulfonamides is 1. The van der Waals surface area contributed by atoms with E-state index in [1.165, 1.54) is 0 Å². The van der Waals surface area contributed by atoms with Gasteiger partial charge in [-0.2, -0.15) is 5.21 Å². The number of hydrogen-bond donors (Lipinski definition) is 7. The zero-order valence-electron chi connectivity index (χ0n) is 33.0. The monoisotopic (exact) mass is 861 g/mol. The summed E-state index contributed by atoms with van der Waals surface area (Å²) < 4.78 is 36.8. The number of aromatic nitrogens is 4. The second-order valence-corrected chi connectivity index (χ2v) is 15.3. The highest BCUT2D eigenvalue weighted by molar-refractivity contribution is 7.90. The Bertz CT molecular complexity index is 1660. The Hall–Kier alpha value is -5.23. The van der Waals surface area contributed by atoms with Crippen LogP contribution in [0.5, 0.6) is 0 Å². The number of carbonyl (C=O) groups excluding carboxylic acids is 6. The third-order valence-electron chi connectivity index (χ3n) is 8.58. The Kier molecular flexibility index (Phi) is 25.5. The second-order valence-electron chi connectivity index (χ2n) is 13.5. The predicted octanol–water partition coefficient (Wildman–Crippen LogP) is -0.503. The van der Waals surface area contributed by atoms with Gasteiger partial charge in [-0.3, -0.25) is 43.1 Å². The Balaban J connectivity index is 2.32. The molecule has 0 aliphatic rings. The van der Waals surface area contributed by atoms with E-state index in [0.717, 1.165) is 0 Å². The first kappa shape index (κ1) is 51.8. The van der Waals surface area contributed by atoms with Crippen molar-refractivity contribution in [1.82, 2.24) is 36.0 Å². The summed E-state index contributed by atoms with van der Waals surface area (Å²) in [6.45, 7) is 1.18. The lowest BCUT2D eigenvalue weighted by molar-refractivity contribution is -0.149. The lowest BCUT2D eigenvalue weighted by Crippen LogP contribution is -2.41. The summed E-state index contributed by atoms with van der Waals surface area (Å²) in [5, 5.41) is 45.9. The van der Waals surface area contributed by atoms with Crippen LogP contribution in [0.3, 0.4) is 0 Å². The van der Waals surface area contributed by atoms with Crippen molar-refractivity contribution in [2.75, 3.05) is 38.7 Å². The third kappa shape index (κ3) is 25.0. The molecule has 59 heavy (non-hydrogen) atoms. The van der Waals surface area contributed by atoms with Crippen LogP contribution in [-0.4, -0.2) is 142 Å². The largest absolute Gasteiger partial charge is 0.481 e. The zero-order chi connectivity index (χ0) is 44.2. The Morgan fingerprint density at radius 1 is 0.729 bits per heavy atom. The van der Waals surface area contributed by atoms with Crippen molar-refractivity contribution in [2.24, 2.45) is 11.8 Å². The van der Waals surface area contributed by atoms with Gasteiger partial charge in [0.15, 0.2) is 11.6 Å². The second kappa shape index (κ2) is 29.1. The van der Waals surface area contributed by atoms with Crippen LogP contribution in [0.4, 0.5) is 0 Å². The highest BCUT2D eigenvalue weighted by Gasteiger charge is 2.30. The Labute approximate surface area is 340 Å². The van der Waals surface area contributed by atoms with E-state index >= 15 is 0 Å². The maximum absolute atomic E-state index is 12.5. The van der Waals surface area contributed by atoms with Gasteiger partial charge in [-0.1, -0.05) is 25.0 Å². The number of aryl methyl sites for hydroxylation is 1. The van der Waals surface area contributed by atoms with Gasteiger partial charge >= 0.3 is 17.9 Å². The van der Waals surface area contributed by atoms with E-state index in [2.05, 4.69) is 31.3 Å². The van der Waals surface area contributed by atoms with E-state index in [-0.39, 0.29) is 70.9 Å². The van der Waals surface area contributed by atoms with Crippen LogP contribution >= 0.6 is 0 Å². The van der Waals surface area contributed by atoms with Gasteiger partial charge in [0, 0.05) is 57.9 Å². The van der Waals surface area contributed by atoms with Gasteiger partial charge in [-0.15, -0.1) is 10.2 Å². The number of amides is 3. The van der Waals surface area contributed by atoms with Crippen LogP contribution in [0.1, 0.15) is 103 Å². The molecule has 0 fully saturated rings. The molecule has 3 unspecified atom stereocenters. The number of H-pyrrole nitrogens is 1. The number of nitrogens with one attached hydrogen (secondary N) is 4. The summed E-state index contributed by atoms with van der Waals surface area (Å²) in [5.74, 6) is -10.8. The smallest absolute Gasteiger partial charge is 0.326 e. The summed E-state index contributed by atoms with van der Waals surface area (Å²) in [4.78, 5) is 108. The molecular formula is C35H55N7O16S. The van der Waals surface area contributed by atoms with Crippen molar-refractivity contribution in [2.45, 2.75) is 109 Å². The predicted molar refractivity (Wildman–Crippen MR) is 202 cm³/mol. The molecule has 1 heterocycles. The molecule has 0 spiro atoms. The van der Waals surface area contributed by atoms with Crippen LogP contribution in [0.25, 0.3) is 0 Å². The van der Waals surface area contributed by atoms with Gasteiger partial charge in [-0.05, 0) is 32.1 Å². The fourth-order valence-electron chi connectivity index (χ4n) is 5.33. The molecule has 0 aromatic carbocycles. The van der Waals surface area contributed by atoms with Gasteiger partial charge in [0.25, 0.3) is 0 Å². The number of aromatic amines is 1. The molecule has 3 atom stereocenters. The highest BCUT2D eigenvalue weighted by Crippen LogP contribution is 2.16. The molecule has 1 aromatic rings. The molecule has 0 saturated heterocycles. The van der Waals surface area contributed by atoms with E-state index in [0.29, 0.717) is 44.3 Å². The van der Waals surface area contributed by atoms with Crippen molar-refractivity contribution in [1.29, 1.82) is 0 Å². The number of carboxylic acid groups (broad SMARTS) is 3. The van der Waals surface area contributed by atoms with E-state index in [9.17, 15) is 66.9 Å². The molecule has 0 aliphatic heterocycles. The maximum Gasteiger partial charge on any atom is 0.326 e.